The number of benzene rings is 1. The highest BCUT2D eigenvalue weighted by Gasteiger charge is 2.19. The van der Waals surface area contributed by atoms with Gasteiger partial charge in [0.1, 0.15) is 0 Å². The van der Waals surface area contributed by atoms with E-state index in [1.54, 1.807) is 23.1 Å². The molecule has 4 N–H and O–H groups in total. The maximum atomic E-state index is 12.1. The summed E-state index contributed by atoms with van der Waals surface area (Å²) in [6.45, 7) is 3.82. The van der Waals surface area contributed by atoms with Crippen LogP contribution in [0.2, 0.25) is 0 Å². The summed E-state index contributed by atoms with van der Waals surface area (Å²) in [5.74, 6) is -0.144. The van der Waals surface area contributed by atoms with Gasteiger partial charge in [-0.3, -0.25) is 9.69 Å². The molecule has 1 aliphatic heterocycles. The molecule has 1 fully saturated rings. The zero-order valence-electron chi connectivity index (χ0n) is 12.3. The summed E-state index contributed by atoms with van der Waals surface area (Å²) in [6.07, 6.45) is 1.64. The topological polar surface area (TPSA) is 87.5 Å². The van der Waals surface area contributed by atoms with Crippen LogP contribution in [0.15, 0.2) is 24.3 Å². The molecule has 0 saturated carbocycles. The number of nitrogens with two attached hydrogens (primary N) is 1. The van der Waals surface area contributed by atoms with Crippen molar-refractivity contribution in [3.63, 3.8) is 0 Å². The Labute approximate surface area is 124 Å². The molecule has 0 spiro atoms. The number of carbonyl (C=O) groups is 2. The smallest absolute Gasteiger partial charge is 0.321 e. The first-order valence-corrected chi connectivity index (χ1v) is 7.27. The lowest BCUT2D eigenvalue weighted by atomic mass is 10.1. The van der Waals surface area contributed by atoms with Crippen molar-refractivity contribution >= 4 is 17.6 Å². The lowest BCUT2D eigenvalue weighted by molar-refractivity contribution is 0.0952. The Morgan fingerprint density at radius 2 is 2.33 bits per heavy atom. The molecular weight excluding hydrogens is 268 g/mol. The number of urea groups is 1. The van der Waals surface area contributed by atoms with Gasteiger partial charge in [-0.2, -0.15) is 0 Å². The molecule has 1 unspecified atom stereocenters. The largest absolute Gasteiger partial charge is 0.352 e. The number of amides is 3. The van der Waals surface area contributed by atoms with Gasteiger partial charge in [0.15, 0.2) is 0 Å². The van der Waals surface area contributed by atoms with E-state index >= 15 is 0 Å². The van der Waals surface area contributed by atoms with Gasteiger partial charge in [0.25, 0.3) is 5.91 Å². The maximum absolute atomic E-state index is 12.1. The third-order valence-corrected chi connectivity index (χ3v) is 3.39. The molecule has 21 heavy (non-hydrogen) atoms. The van der Waals surface area contributed by atoms with E-state index in [9.17, 15) is 9.59 Å². The Morgan fingerprint density at radius 1 is 1.52 bits per heavy atom. The van der Waals surface area contributed by atoms with Crippen LogP contribution in [0.1, 0.15) is 30.1 Å². The first-order valence-electron chi connectivity index (χ1n) is 7.27. The summed E-state index contributed by atoms with van der Waals surface area (Å²) in [7, 11) is 0. The zero-order valence-corrected chi connectivity index (χ0v) is 12.3. The quantitative estimate of drug-likeness (QED) is 0.758. The number of hydrogen-bond donors (Lipinski definition) is 3. The Morgan fingerprint density at radius 3 is 3.05 bits per heavy atom. The van der Waals surface area contributed by atoms with Crippen LogP contribution in [0.25, 0.3) is 0 Å². The first kappa shape index (κ1) is 15.3. The van der Waals surface area contributed by atoms with Gasteiger partial charge in [-0.05, 0) is 38.0 Å². The fourth-order valence-corrected chi connectivity index (χ4v) is 2.21. The van der Waals surface area contributed by atoms with Crippen molar-refractivity contribution in [2.45, 2.75) is 25.8 Å². The SMILES string of the molecule is CC(N)CCNC(=O)c1cccc(N2CCCNC2=O)c1. The molecule has 1 saturated heterocycles. The summed E-state index contributed by atoms with van der Waals surface area (Å²) >= 11 is 0. The third-order valence-electron chi connectivity index (χ3n) is 3.39. The van der Waals surface area contributed by atoms with E-state index in [0.29, 0.717) is 25.2 Å². The highest BCUT2D eigenvalue weighted by molar-refractivity contribution is 5.97. The molecule has 0 aromatic heterocycles. The molecular formula is C15H22N4O2. The minimum Gasteiger partial charge on any atom is -0.352 e. The number of rotatable bonds is 5. The van der Waals surface area contributed by atoms with E-state index in [-0.39, 0.29) is 18.0 Å². The van der Waals surface area contributed by atoms with Crippen LogP contribution >= 0.6 is 0 Å². The average molecular weight is 290 g/mol. The molecule has 0 radical (unpaired) electrons. The fourth-order valence-electron chi connectivity index (χ4n) is 2.21. The molecule has 1 aromatic carbocycles. The predicted octanol–water partition coefficient (Wildman–Crippen LogP) is 1.07. The summed E-state index contributed by atoms with van der Waals surface area (Å²) in [5.41, 5.74) is 6.95. The average Bonchev–Trinajstić information content (AvgIpc) is 2.47. The van der Waals surface area contributed by atoms with E-state index in [4.69, 9.17) is 5.73 Å². The Balaban J connectivity index is 2.03. The lowest BCUT2D eigenvalue weighted by Crippen LogP contribution is -2.46. The molecule has 1 aliphatic rings. The van der Waals surface area contributed by atoms with Gasteiger partial charge < -0.3 is 16.4 Å². The van der Waals surface area contributed by atoms with Crippen LogP contribution in [0.5, 0.6) is 0 Å². The van der Waals surface area contributed by atoms with Crippen molar-refractivity contribution in [2.75, 3.05) is 24.5 Å². The number of anilines is 1. The highest BCUT2D eigenvalue weighted by Crippen LogP contribution is 2.18. The summed E-state index contributed by atoms with van der Waals surface area (Å²) in [4.78, 5) is 25.5. The molecule has 6 nitrogen and oxygen atoms in total. The predicted molar refractivity (Wildman–Crippen MR) is 82.4 cm³/mol. The molecule has 2 rings (SSSR count). The minimum atomic E-state index is -0.144. The third kappa shape index (κ3) is 4.19. The van der Waals surface area contributed by atoms with Crippen LogP contribution in [0, 0.1) is 0 Å². The van der Waals surface area contributed by atoms with Gasteiger partial charge >= 0.3 is 6.03 Å². The van der Waals surface area contributed by atoms with Crippen LogP contribution in [0.4, 0.5) is 10.5 Å². The van der Waals surface area contributed by atoms with E-state index in [2.05, 4.69) is 10.6 Å². The lowest BCUT2D eigenvalue weighted by Gasteiger charge is -2.27. The van der Waals surface area contributed by atoms with Gasteiger partial charge in [-0.15, -0.1) is 0 Å². The molecule has 1 heterocycles. The summed E-state index contributed by atoms with van der Waals surface area (Å²) < 4.78 is 0. The Bertz CT molecular complexity index is 516. The molecule has 1 atom stereocenters. The van der Waals surface area contributed by atoms with Gasteiger partial charge in [-0.1, -0.05) is 6.07 Å². The standard InChI is InChI=1S/C15H22N4O2/c1-11(16)6-8-17-14(20)12-4-2-5-13(10-12)19-9-3-7-18-15(19)21/h2,4-5,10-11H,3,6-9,16H2,1H3,(H,17,20)(H,18,21). The fraction of sp³-hybridized carbons (Fsp3) is 0.467. The van der Waals surface area contributed by atoms with Crippen molar-refractivity contribution < 1.29 is 9.59 Å². The van der Waals surface area contributed by atoms with Gasteiger partial charge in [0.05, 0.1) is 0 Å². The Kier molecular flexibility index (Phi) is 5.16. The number of nitrogens with zero attached hydrogens (tertiary/aromatic N) is 1. The molecule has 0 aliphatic carbocycles. The number of nitrogens with one attached hydrogen (secondary N) is 2. The van der Waals surface area contributed by atoms with Gasteiger partial charge in [0, 0.05) is 36.9 Å². The van der Waals surface area contributed by atoms with Crippen molar-refractivity contribution in [2.24, 2.45) is 5.73 Å². The van der Waals surface area contributed by atoms with E-state index < -0.39 is 0 Å². The Hall–Kier alpha value is -2.08. The van der Waals surface area contributed by atoms with E-state index in [0.717, 1.165) is 18.5 Å². The second-order valence-corrected chi connectivity index (χ2v) is 5.31. The van der Waals surface area contributed by atoms with Crippen molar-refractivity contribution in [3.8, 4) is 0 Å². The van der Waals surface area contributed by atoms with E-state index in [1.807, 2.05) is 13.0 Å². The second kappa shape index (κ2) is 7.08. The molecule has 1 aromatic rings. The highest BCUT2D eigenvalue weighted by atomic mass is 16.2. The normalized spacial score (nSPS) is 16.3. The minimum absolute atomic E-state index is 0.0636. The van der Waals surface area contributed by atoms with Gasteiger partial charge in [-0.25, -0.2) is 4.79 Å². The van der Waals surface area contributed by atoms with Crippen molar-refractivity contribution in [1.82, 2.24) is 10.6 Å². The van der Waals surface area contributed by atoms with Crippen LogP contribution in [-0.2, 0) is 0 Å². The maximum Gasteiger partial charge on any atom is 0.321 e. The van der Waals surface area contributed by atoms with E-state index in [1.165, 1.54) is 0 Å². The van der Waals surface area contributed by atoms with Crippen LogP contribution in [-0.4, -0.2) is 37.6 Å². The molecule has 3 amide bonds. The summed E-state index contributed by atoms with van der Waals surface area (Å²) in [6, 6.07) is 7.06. The number of hydrogen-bond acceptors (Lipinski definition) is 3. The zero-order chi connectivity index (χ0) is 15.2. The number of carbonyl (C=O) groups excluding carboxylic acids is 2. The monoisotopic (exact) mass is 290 g/mol. The molecule has 0 bridgehead atoms. The second-order valence-electron chi connectivity index (χ2n) is 5.31. The van der Waals surface area contributed by atoms with Gasteiger partial charge in [0.2, 0.25) is 0 Å². The van der Waals surface area contributed by atoms with Crippen LogP contribution in [0.3, 0.4) is 0 Å². The molecule has 114 valence electrons. The van der Waals surface area contributed by atoms with Crippen molar-refractivity contribution in [1.29, 1.82) is 0 Å². The first-order chi connectivity index (χ1) is 10.1. The van der Waals surface area contributed by atoms with Crippen molar-refractivity contribution in [3.05, 3.63) is 29.8 Å². The summed E-state index contributed by atoms with van der Waals surface area (Å²) in [5, 5.41) is 5.63. The van der Waals surface area contributed by atoms with Crippen LogP contribution < -0.4 is 21.3 Å². The molecule has 6 heteroatoms.